The fraction of sp³-hybridized carbons (Fsp3) is 0.571. The van der Waals surface area contributed by atoms with Crippen molar-refractivity contribution in [1.29, 1.82) is 0 Å². The van der Waals surface area contributed by atoms with Gasteiger partial charge in [0.2, 0.25) is 0 Å². The van der Waals surface area contributed by atoms with Gasteiger partial charge in [-0.1, -0.05) is 52.2 Å². The number of carbonyl (C=O) groups is 2. The van der Waals surface area contributed by atoms with Crippen LogP contribution < -0.4 is 0 Å². The minimum Gasteiger partial charge on any atom is -0.465 e. The number of imidazole rings is 1. The summed E-state index contributed by atoms with van der Waals surface area (Å²) >= 11 is 1.45. The summed E-state index contributed by atoms with van der Waals surface area (Å²) in [5, 5.41) is 12.7. The Hall–Kier alpha value is -2.94. The lowest BCUT2D eigenvalue weighted by Crippen LogP contribution is -2.46. The molecule has 2 heterocycles. The van der Waals surface area contributed by atoms with Crippen LogP contribution in [0.1, 0.15) is 94.0 Å². The van der Waals surface area contributed by atoms with Gasteiger partial charge in [-0.15, -0.1) is 11.3 Å². The zero-order chi connectivity index (χ0) is 26.7. The van der Waals surface area contributed by atoms with E-state index in [-0.39, 0.29) is 42.4 Å². The maximum atomic E-state index is 13.6. The van der Waals surface area contributed by atoms with Gasteiger partial charge in [-0.25, -0.2) is 14.8 Å². The first-order valence-electron chi connectivity index (χ1n) is 13.2. The van der Waals surface area contributed by atoms with Crippen LogP contribution in [0.5, 0.6) is 0 Å². The van der Waals surface area contributed by atoms with Crippen LogP contribution >= 0.6 is 11.3 Å². The standard InChI is InChI=1S/C28H39N5O3S/c1-18(2)33(19-11-7-6-8-12-19)26(34)23-17-37-25(31-23)20(28(3,4)5)15-32(27(35)36)16-24-29-21-13-9-10-14-22(21)30-24/h9-10,13-14,17-20H,6-8,11-12,15-16H2,1-5H3,(H,29,30)(H,35,36). The molecular weight excluding hydrogens is 486 g/mol. The number of nitrogens with one attached hydrogen (secondary N) is 1. The second-order valence-electron chi connectivity index (χ2n) is 11.5. The van der Waals surface area contributed by atoms with Crippen molar-refractivity contribution < 1.29 is 14.7 Å². The van der Waals surface area contributed by atoms with E-state index in [0.29, 0.717) is 11.5 Å². The van der Waals surface area contributed by atoms with E-state index in [9.17, 15) is 14.7 Å². The van der Waals surface area contributed by atoms with Crippen LogP contribution in [-0.4, -0.2) is 60.5 Å². The summed E-state index contributed by atoms with van der Waals surface area (Å²) in [7, 11) is 0. The van der Waals surface area contributed by atoms with Crippen LogP contribution in [0.2, 0.25) is 0 Å². The highest BCUT2D eigenvalue weighted by molar-refractivity contribution is 7.10. The molecule has 1 saturated carbocycles. The second kappa shape index (κ2) is 11.2. The van der Waals surface area contributed by atoms with Crippen molar-refractivity contribution >= 4 is 34.4 Å². The lowest BCUT2D eigenvalue weighted by molar-refractivity contribution is 0.0549. The highest BCUT2D eigenvalue weighted by Gasteiger charge is 2.35. The molecule has 1 aliphatic rings. The molecule has 3 aromatic rings. The number of aromatic nitrogens is 3. The maximum Gasteiger partial charge on any atom is 0.407 e. The molecule has 1 aliphatic carbocycles. The van der Waals surface area contributed by atoms with Gasteiger partial charge in [-0.2, -0.15) is 0 Å². The van der Waals surface area contributed by atoms with Crippen molar-refractivity contribution in [2.75, 3.05) is 6.54 Å². The molecule has 0 radical (unpaired) electrons. The highest BCUT2D eigenvalue weighted by Crippen LogP contribution is 2.38. The topological polar surface area (TPSA) is 102 Å². The molecule has 0 aliphatic heterocycles. The van der Waals surface area contributed by atoms with E-state index in [1.807, 2.05) is 34.5 Å². The van der Waals surface area contributed by atoms with Crippen LogP contribution in [0, 0.1) is 5.41 Å². The molecule has 0 bridgehead atoms. The number of rotatable bonds is 8. The van der Waals surface area contributed by atoms with Gasteiger partial charge in [0.15, 0.2) is 0 Å². The molecule has 0 spiro atoms. The Bertz CT molecular complexity index is 1190. The SMILES string of the molecule is CC(C)N(C(=O)c1csc(C(CN(Cc2nc3ccccc3[nH]2)C(=O)O)C(C)(C)C)n1)C1CCCCC1. The number of benzene rings is 1. The minimum absolute atomic E-state index is 0.0191. The number of carboxylic acid groups (broad SMARTS) is 1. The van der Waals surface area contributed by atoms with Crippen LogP contribution in [0.3, 0.4) is 0 Å². The van der Waals surface area contributed by atoms with E-state index in [4.69, 9.17) is 4.98 Å². The van der Waals surface area contributed by atoms with Gasteiger partial charge in [0.25, 0.3) is 5.91 Å². The van der Waals surface area contributed by atoms with E-state index < -0.39 is 6.09 Å². The molecule has 0 saturated heterocycles. The van der Waals surface area contributed by atoms with Gasteiger partial charge >= 0.3 is 6.09 Å². The number of fused-ring (bicyclic) bond motifs is 1. The molecule has 1 fully saturated rings. The molecule has 4 rings (SSSR count). The Morgan fingerprint density at radius 2 is 1.84 bits per heavy atom. The van der Waals surface area contributed by atoms with E-state index in [1.165, 1.54) is 22.7 Å². The summed E-state index contributed by atoms with van der Waals surface area (Å²) in [6.07, 6.45) is 4.63. The zero-order valence-electron chi connectivity index (χ0n) is 22.5. The van der Waals surface area contributed by atoms with Crippen molar-refractivity contribution in [2.24, 2.45) is 5.41 Å². The summed E-state index contributed by atoms with van der Waals surface area (Å²) in [5.74, 6) is 0.405. The lowest BCUT2D eigenvalue weighted by atomic mass is 9.80. The molecule has 2 amide bonds. The minimum atomic E-state index is -1.01. The van der Waals surface area contributed by atoms with Gasteiger partial charge in [0.05, 0.1) is 22.6 Å². The van der Waals surface area contributed by atoms with Gasteiger partial charge in [-0.3, -0.25) is 4.79 Å². The predicted molar refractivity (Wildman–Crippen MR) is 147 cm³/mol. The lowest BCUT2D eigenvalue weighted by Gasteiger charge is -2.37. The van der Waals surface area contributed by atoms with Gasteiger partial charge < -0.3 is 19.9 Å². The summed E-state index contributed by atoms with van der Waals surface area (Å²) in [6, 6.07) is 8.02. The fourth-order valence-corrected chi connectivity index (χ4v) is 6.40. The number of thiazole rings is 1. The monoisotopic (exact) mass is 525 g/mol. The molecule has 200 valence electrons. The smallest absolute Gasteiger partial charge is 0.407 e. The molecule has 2 aromatic heterocycles. The van der Waals surface area contributed by atoms with E-state index in [2.05, 4.69) is 44.6 Å². The predicted octanol–water partition coefficient (Wildman–Crippen LogP) is 6.51. The Labute approximate surface area is 223 Å². The maximum absolute atomic E-state index is 13.6. The average molecular weight is 526 g/mol. The van der Waals surface area contributed by atoms with Crippen molar-refractivity contribution in [3.8, 4) is 0 Å². The Morgan fingerprint density at radius 3 is 2.46 bits per heavy atom. The van der Waals surface area contributed by atoms with Crippen molar-refractivity contribution in [3.63, 3.8) is 0 Å². The van der Waals surface area contributed by atoms with Crippen LogP contribution in [0.4, 0.5) is 4.79 Å². The molecule has 1 aromatic carbocycles. The third-order valence-electron chi connectivity index (χ3n) is 7.30. The van der Waals surface area contributed by atoms with E-state index >= 15 is 0 Å². The average Bonchev–Trinajstić information content (AvgIpc) is 3.48. The molecule has 2 N–H and O–H groups in total. The first-order chi connectivity index (χ1) is 17.5. The van der Waals surface area contributed by atoms with Crippen molar-refractivity contribution in [1.82, 2.24) is 24.8 Å². The van der Waals surface area contributed by atoms with E-state index in [0.717, 1.165) is 41.7 Å². The largest absolute Gasteiger partial charge is 0.465 e. The van der Waals surface area contributed by atoms with Crippen molar-refractivity contribution in [3.05, 3.63) is 46.2 Å². The third kappa shape index (κ3) is 6.32. The molecule has 8 nitrogen and oxygen atoms in total. The number of hydrogen-bond donors (Lipinski definition) is 2. The second-order valence-corrected chi connectivity index (χ2v) is 12.3. The number of hydrogen-bond acceptors (Lipinski definition) is 5. The molecular formula is C28H39N5O3S. The van der Waals surface area contributed by atoms with Gasteiger partial charge in [-0.05, 0) is 44.2 Å². The van der Waals surface area contributed by atoms with Gasteiger partial charge in [0.1, 0.15) is 11.5 Å². The molecule has 1 atom stereocenters. The highest BCUT2D eigenvalue weighted by atomic mass is 32.1. The quantitative estimate of drug-likeness (QED) is 0.349. The fourth-order valence-electron chi connectivity index (χ4n) is 5.27. The normalized spacial score (nSPS) is 15.7. The number of para-hydroxylation sites is 2. The number of amides is 2. The summed E-state index contributed by atoms with van der Waals surface area (Å²) in [6.45, 7) is 10.8. The Morgan fingerprint density at radius 1 is 1.14 bits per heavy atom. The Balaban J connectivity index is 1.56. The molecule has 1 unspecified atom stereocenters. The first-order valence-corrected chi connectivity index (χ1v) is 14.1. The Kier molecular flexibility index (Phi) is 8.21. The summed E-state index contributed by atoms with van der Waals surface area (Å²) < 4.78 is 0. The number of H-pyrrole nitrogens is 1. The zero-order valence-corrected chi connectivity index (χ0v) is 23.3. The van der Waals surface area contributed by atoms with Crippen LogP contribution in [0.15, 0.2) is 29.6 Å². The van der Waals surface area contributed by atoms with Crippen LogP contribution in [-0.2, 0) is 6.54 Å². The number of carbonyl (C=O) groups excluding carboxylic acids is 1. The summed E-state index contributed by atoms with van der Waals surface area (Å²) in [4.78, 5) is 41.9. The third-order valence-corrected chi connectivity index (χ3v) is 8.25. The van der Waals surface area contributed by atoms with E-state index in [1.54, 1.807) is 0 Å². The van der Waals surface area contributed by atoms with Crippen LogP contribution in [0.25, 0.3) is 11.0 Å². The number of aromatic amines is 1. The first kappa shape index (κ1) is 27.1. The summed E-state index contributed by atoms with van der Waals surface area (Å²) in [5.41, 5.74) is 1.89. The van der Waals surface area contributed by atoms with Gasteiger partial charge in [0, 0.05) is 29.9 Å². The van der Waals surface area contributed by atoms with Crippen molar-refractivity contribution in [2.45, 2.75) is 91.3 Å². The number of nitrogens with zero attached hydrogens (tertiary/aromatic N) is 4. The molecule has 37 heavy (non-hydrogen) atoms. The molecule has 9 heteroatoms.